The summed E-state index contributed by atoms with van der Waals surface area (Å²) in [5, 5.41) is 21.4. The van der Waals surface area contributed by atoms with Gasteiger partial charge in [0.2, 0.25) is 11.8 Å². The summed E-state index contributed by atoms with van der Waals surface area (Å²) in [6.07, 6.45) is 2.70. The number of carbonyl (C=O) groups is 1. The minimum Gasteiger partial charge on any atom is -0.481 e. The number of rotatable bonds is 6. The lowest BCUT2D eigenvalue weighted by Gasteiger charge is -2.38. The number of aliphatic hydroxyl groups excluding tert-OH is 1. The van der Waals surface area contributed by atoms with Gasteiger partial charge in [-0.15, -0.1) is 0 Å². The van der Waals surface area contributed by atoms with Gasteiger partial charge in [-0.1, -0.05) is 18.2 Å². The molecule has 2 aromatic heterocycles. The molecule has 140 valence electrons. The molecule has 0 spiro atoms. The Labute approximate surface area is 156 Å². The number of amides is 1. The maximum atomic E-state index is 12.6. The summed E-state index contributed by atoms with van der Waals surface area (Å²) in [5.41, 5.74) is 2.39. The van der Waals surface area contributed by atoms with Crippen LogP contribution >= 0.6 is 0 Å². The van der Waals surface area contributed by atoms with Crippen LogP contribution in [0.3, 0.4) is 0 Å². The van der Waals surface area contributed by atoms with E-state index in [2.05, 4.69) is 20.5 Å². The van der Waals surface area contributed by atoms with Gasteiger partial charge < -0.3 is 15.2 Å². The number of carbonyl (C=O) groups excluding carboxylic acids is 1. The first-order valence-corrected chi connectivity index (χ1v) is 8.89. The molecule has 1 unspecified atom stereocenters. The maximum Gasteiger partial charge on any atom is 0.244 e. The Morgan fingerprint density at radius 3 is 2.52 bits per heavy atom. The molecule has 1 atom stereocenters. The Morgan fingerprint density at radius 1 is 1.26 bits per heavy atom. The fourth-order valence-electron chi connectivity index (χ4n) is 3.39. The topological polar surface area (TPSA) is 102 Å². The van der Waals surface area contributed by atoms with Crippen molar-refractivity contribution in [3.63, 3.8) is 0 Å². The van der Waals surface area contributed by atoms with E-state index in [9.17, 15) is 9.90 Å². The quantitative estimate of drug-likeness (QED) is 0.684. The molecule has 0 saturated heterocycles. The van der Waals surface area contributed by atoms with Crippen molar-refractivity contribution in [3.05, 3.63) is 48.2 Å². The van der Waals surface area contributed by atoms with Gasteiger partial charge in [0.05, 0.1) is 19.3 Å². The van der Waals surface area contributed by atoms with Crippen LogP contribution in [0.2, 0.25) is 0 Å². The highest BCUT2D eigenvalue weighted by Gasteiger charge is 2.36. The Kier molecular flexibility index (Phi) is 4.72. The number of aromatic nitrogens is 4. The average Bonchev–Trinajstić information content (AvgIpc) is 3.06. The molecule has 2 heterocycles. The number of hydrogen-bond donors (Lipinski definition) is 2. The zero-order valence-electron chi connectivity index (χ0n) is 14.9. The van der Waals surface area contributed by atoms with Gasteiger partial charge in [0.1, 0.15) is 17.6 Å². The number of methoxy groups -OCH3 is 1. The summed E-state index contributed by atoms with van der Waals surface area (Å²) < 4.78 is 5.10. The molecular formula is C19H21N5O3. The van der Waals surface area contributed by atoms with Gasteiger partial charge in [0.15, 0.2) is 0 Å². The number of fused-ring (bicyclic) bond motifs is 1. The van der Waals surface area contributed by atoms with Crippen molar-refractivity contribution in [2.24, 2.45) is 5.92 Å². The molecule has 0 radical (unpaired) electrons. The molecule has 4 rings (SSSR count). The van der Waals surface area contributed by atoms with E-state index in [-0.39, 0.29) is 30.5 Å². The zero-order chi connectivity index (χ0) is 18.8. The number of hydrogen-bond acceptors (Lipinski definition) is 6. The van der Waals surface area contributed by atoms with Crippen LogP contribution in [0.4, 0.5) is 0 Å². The van der Waals surface area contributed by atoms with Crippen molar-refractivity contribution in [1.29, 1.82) is 0 Å². The number of ether oxygens (including phenoxy) is 1. The van der Waals surface area contributed by atoms with E-state index in [1.165, 1.54) is 4.80 Å². The smallest absolute Gasteiger partial charge is 0.244 e. The standard InChI is InChI=1S/C19H21N5O3/c1-27-18-7-6-12(10-20-18)19(13-8-14(25)9-13)21-17(26)11-24-22-15-4-2-3-5-16(15)23-24/h2-7,10,13-14,19,25H,8-9,11H2,1H3,(H,21,26). The average molecular weight is 367 g/mol. The third-order valence-corrected chi connectivity index (χ3v) is 4.88. The first kappa shape index (κ1) is 17.4. The number of pyridine rings is 1. The van der Waals surface area contributed by atoms with Crippen molar-refractivity contribution in [3.8, 4) is 5.88 Å². The highest BCUT2D eigenvalue weighted by atomic mass is 16.5. The second-order valence-electron chi connectivity index (χ2n) is 6.78. The van der Waals surface area contributed by atoms with Crippen LogP contribution in [0.5, 0.6) is 5.88 Å². The van der Waals surface area contributed by atoms with E-state index in [4.69, 9.17) is 4.74 Å². The Morgan fingerprint density at radius 2 is 1.96 bits per heavy atom. The molecular weight excluding hydrogens is 346 g/mol. The van der Waals surface area contributed by atoms with E-state index < -0.39 is 0 Å². The van der Waals surface area contributed by atoms with Gasteiger partial charge in [0, 0.05) is 12.3 Å². The normalized spacial score (nSPS) is 20.1. The van der Waals surface area contributed by atoms with E-state index in [1.54, 1.807) is 19.4 Å². The van der Waals surface area contributed by atoms with Crippen LogP contribution in [0.25, 0.3) is 11.0 Å². The molecule has 8 heteroatoms. The number of aliphatic hydroxyl groups is 1. The molecule has 1 amide bonds. The van der Waals surface area contributed by atoms with Crippen LogP contribution in [-0.4, -0.2) is 44.2 Å². The summed E-state index contributed by atoms with van der Waals surface area (Å²) in [6.45, 7) is 0.0318. The second-order valence-corrected chi connectivity index (χ2v) is 6.78. The van der Waals surface area contributed by atoms with Crippen molar-refractivity contribution >= 4 is 16.9 Å². The lowest BCUT2D eigenvalue weighted by atomic mass is 9.75. The van der Waals surface area contributed by atoms with Crippen molar-refractivity contribution in [2.75, 3.05) is 7.11 Å². The maximum absolute atomic E-state index is 12.6. The molecule has 27 heavy (non-hydrogen) atoms. The number of benzene rings is 1. The summed E-state index contributed by atoms with van der Waals surface area (Å²) in [6, 6.07) is 10.9. The van der Waals surface area contributed by atoms with Crippen LogP contribution in [0.1, 0.15) is 24.4 Å². The Balaban J connectivity index is 1.48. The number of nitrogens with one attached hydrogen (secondary N) is 1. The van der Waals surface area contributed by atoms with E-state index >= 15 is 0 Å². The van der Waals surface area contributed by atoms with Gasteiger partial charge >= 0.3 is 0 Å². The zero-order valence-corrected chi connectivity index (χ0v) is 14.9. The predicted octanol–water partition coefficient (Wildman–Crippen LogP) is 1.46. The molecule has 1 saturated carbocycles. The van der Waals surface area contributed by atoms with E-state index in [1.807, 2.05) is 30.3 Å². The monoisotopic (exact) mass is 367 g/mol. The molecule has 1 aliphatic carbocycles. The summed E-state index contributed by atoms with van der Waals surface area (Å²) in [5.74, 6) is 0.506. The SMILES string of the molecule is COc1ccc(C(NC(=O)Cn2nc3ccccc3n2)C2CC(O)C2)cn1. The van der Waals surface area contributed by atoms with Crippen LogP contribution < -0.4 is 10.1 Å². The Bertz CT molecular complexity index is 901. The van der Waals surface area contributed by atoms with Crippen LogP contribution in [0.15, 0.2) is 42.6 Å². The van der Waals surface area contributed by atoms with Gasteiger partial charge in [-0.25, -0.2) is 4.98 Å². The molecule has 3 aromatic rings. The van der Waals surface area contributed by atoms with Gasteiger partial charge in [-0.05, 0) is 36.5 Å². The number of nitrogens with zero attached hydrogens (tertiary/aromatic N) is 4. The minimum absolute atomic E-state index is 0.0318. The van der Waals surface area contributed by atoms with Crippen LogP contribution in [0, 0.1) is 5.92 Å². The predicted molar refractivity (Wildman–Crippen MR) is 97.9 cm³/mol. The minimum atomic E-state index is -0.307. The summed E-state index contributed by atoms with van der Waals surface area (Å²) in [4.78, 5) is 18.2. The Hall–Kier alpha value is -3.00. The highest BCUT2D eigenvalue weighted by Crippen LogP contribution is 2.38. The van der Waals surface area contributed by atoms with Gasteiger partial charge in [-0.3, -0.25) is 4.79 Å². The third kappa shape index (κ3) is 3.75. The molecule has 0 bridgehead atoms. The van der Waals surface area contributed by atoms with Crippen molar-refractivity contribution in [1.82, 2.24) is 25.3 Å². The van der Waals surface area contributed by atoms with Gasteiger partial charge in [-0.2, -0.15) is 15.0 Å². The van der Waals surface area contributed by atoms with Crippen molar-refractivity contribution in [2.45, 2.75) is 31.5 Å². The van der Waals surface area contributed by atoms with Crippen molar-refractivity contribution < 1.29 is 14.6 Å². The summed E-state index contributed by atoms with van der Waals surface area (Å²) >= 11 is 0. The van der Waals surface area contributed by atoms with E-state index in [0.717, 1.165) is 16.6 Å². The van der Waals surface area contributed by atoms with E-state index in [0.29, 0.717) is 18.7 Å². The summed E-state index contributed by atoms with van der Waals surface area (Å²) in [7, 11) is 1.56. The molecule has 0 aliphatic heterocycles. The lowest BCUT2D eigenvalue weighted by Crippen LogP contribution is -2.42. The molecule has 1 aliphatic rings. The molecule has 1 aromatic carbocycles. The van der Waals surface area contributed by atoms with Gasteiger partial charge in [0.25, 0.3) is 0 Å². The second kappa shape index (κ2) is 7.32. The third-order valence-electron chi connectivity index (χ3n) is 4.88. The first-order chi connectivity index (χ1) is 13.1. The molecule has 1 fully saturated rings. The highest BCUT2D eigenvalue weighted by molar-refractivity contribution is 5.77. The first-order valence-electron chi connectivity index (χ1n) is 8.89. The fourth-order valence-corrected chi connectivity index (χ4v) is 3.39. The lowest BCUT2D eigenvalue weighted by molar-refractivity contribution is -0.124. The molecule has 8 nitrogen and oxygen atoms in total. The van der Waals surface area contributed by atoms with Crippen LogP contribution in [-0.2, 0) is 11.3 Å². The molecule has 2 N–H and O–H groups in total. The fraction of sp³-hybridized carbons (Fsp3) is 0.368. The largest absolute Gasteiger partial charge is 0.481 e.